The Kier molecular flexibility index (Phi) is 5.06. The molecule has 7 heteroatoms. The van der Waals surface area contributed by atoms with Crippen LogP contribution in [0.4, 0.5) is 24.5 Å². The lowest BCUT2D eigenvalue weighted by Gasteiger charge is -2.16. The molecule has 1 atom stereocenters. The average molecular weight is 363 g/mol. The second-order valence-electron chi connectivity index (χ2n) is 6.37. The monoisotopic (exact) mass is 363 g/mol. The zero-order valence-electron chi connectivity index (χ0n) is 14.3. The summed E-state index contributed by atoms with van der Waals surface area (Å²) in [6, 6.07) is 12.6. The molecule has 1 aliphatic rings. The summed E-state index contributed by atoms with van der Waals surface area (Å²) in [6.45, 7) is 1.88. The number of hydrogen-bond acceptors (Lipinski definition) is 3. The highest BCUT2D eigenvalue weighted by Crippen LogP contribution is 2.26. The number of alkyl halides is 3. The summed E-state index contributed by atoms with van der Waals surface area (Å²) in [5.74, 6) is 1.28. The largest absolute Gasteiger partial charge is 0.490 e. The lowest BCUT2D eigenvalue weighted by molar-refractivity contribution is -0.148. The minimum absolute atomic E-state index is 0.417. The molecule has 0 bridgehead atoms. The zero-order chi connectivity index (χ0) is 18.7. The van der Waals surface area contributed by atoms with Gasteiger partial charge in [0, 0.05) is 17.8 Å². The normalized spacial score (nSPS) is 16.2. The number of fused-ring (bicyclic) bond motifs is 1. The highest BCUT2D eigenvalue weighted by molar-refractivity contribution is 6.03. The maximum absolute atomic E-state index is 12.3. The zero-order valence-corrected chi connectivity index (χ0v) is 14.3. The van der Waals surface area contributed by atoms with Gasteiger partial charge in [-0.15, -0.1) is 0 Å². The molecule has 3 N–H and O–H groups in total. The van der Waals surface area contributed by atoms with Crippen molar-refractivity contribution in [2.24, 2.45) is 4.99 Å². The van der Waals surface area contributed by atoms with Crippen LogP contribution in [-0.2, 0) is 13.0 Å². The van der Waals surface area contributed by atoms with Gasteiger partial charge in [-0.1, -0.05) is 12.1 Å². The summed E-state index contributed by atoms with van der Waals surface area (Å²) in [6.07, 6.45) is -5.42. The molecular formula is C19H20F3N3O. The fourth-order valence-corrected chi connectivity index (χ4v) is 2.82. The summed E-state index contributed by atoms with van der Waals surface area (Å²) in [7, 11) is 0. The van der Waals surface area contributed by atoms with Gasteiger partial charge in [-0.05, 0) is 48.4 Å². The maximum Gasteiger partial charge on any atom is 0.392 e. The highest BCUT2D eigenvalue weighted by Gasteiger charge is 2.30. The topological polar surface area (TPSA) is 59.6 Å². The number of benzene rings is 2. The Balaban J connectivity index is 1.55. The predicted octanol–water partition coefficient (Wildman–Crippen LogP) is 4.56. The molecule has 0 saturated heterocycles. The first-order valence-corrected chi connectivity index (χ1v) is 8.29. The Morgan fingerprint density at radius 2 is 1.92 bits per heavy atom. The Morgan fingerprint density at radius 1 is 1.19 bits per heavy atom. The van der Waals surface area contributed by atoms with Gasteiger partial charge in [-0.2, -0.15) is 13.2 Å². The van der Waals surface area contributed by atoms with E-state index in [0.29, 0.717) is 18.7 Å². The first-order valence-electron chi connectivity index (χ1n) is 8.29. The third-order valence-corrected chi connectivity index (χ3v) is 4.00. The fourth-order valence-electron chi connectivity index (χ4n) is 2.82. The number of anilines is 2. The molecule has 1 heterocycles. The van der Waals surface area contributed by atoms with E-state index < -0.39 is 18.7 Å². The van der Waals surface area contributed by atoms with Crippen LogP contribution in [0.25, 0.3) is 0 Å². The fraction of sp³-hybridized carbons (Fsp3) is 0.316. The molecule has 138 valence electrons. The molecule has 4 nitrogen and oxygen atoms in total. The molecule has 0 fully saturated rings. The molecule has 1 aliphatic heterocycles. The molecule has 0 aliphatic carbocycles. The number of amidine groups is 1. The van der Waals surface area contributed by atoms with Crippen LogP contribution < -0.4 is 15.8 Å². The van der Waals surface area contributed by atoms with Gasteiger partial charge >= 0.3 is 6.18 Å². The van der Waals surface area contributed by atoms with E-state index in [2.05, 4.69) is 10.3 Å². The number of nitrogen functional groups attached to an aromatic ring is 1. The summed E-state index contributed by atoms with van der Waals surface area (Å²) >= 11 is 0. The van der Waals surface area contributed by atoms with Gasteiger partial charge in [0.15, 0.2) is 0 Å². The number of ether oxygens (including phenoxy) is 1. The number of nitrogens with zero attached hydrogens (tertiary/aromatic N) is 1. The summed E-state index contributed by atoms with van der Waals surface area (Å²) in [4.78, 5) is 4.55. The van der Waals surface area contributed by atoms with Crippen molar-refractivity contribution >= 4 is 17.2 Å². The molecule has 0 aromatic heterocycles. The Bertz CT molecular complexity index is 801. The quantitative estimate of drug-likeness (QED) is 0.766. The van der Waals surface area contributed by atoms with Gasteiger partial charge in [-0.25, -0.2) is 0 Å². The summed E-state index contributed by atoms with van der Waals surface area (Å²) in [5, 5.41) is 3.25. The first-order chi connectivity index (χ1) is 12.3. The summed E-state index contributed by atoms with van der Waals surface area (Å²) in [5.41, 5.74) is 9.59. The molecule has 2 aromatic carbocycles. The maximum atomic E-state index is 12.3. The SMILES string of the molecule is CC(CC(F)(F)F)Oc1ccc(CN=C2Cc3cc(N)ccc3N2)cc1. The van der Waals surface area contributed by atoms with Gasteiger partial charge in [0.1, 0.15) is 17.7 Å². The average Bonchev–Trinajstić information content (AvgIpc) is 2.94. The van der Waals surface area contributed by atoms with Crippen molar-refractivity contribution in [3.63, 3.8) is 0 Å². The molecule has 0 amide bonds. The second-order valence-corrected chi connectivity index (χ2v) is 6.37. The van der Waals surface area contributed by atoms with Gasteiger partial charge in [0.25, 0.3) is 0 Å². The van der Waals surface area contributed by atoms with Crippen LogP contribution in [0.2, 0.25) is 0 Å². The third-order valence-electron chi connectivity index (χ3n) is 4.00. The molecular weight excluding hydrogens is 343 g/mol. The van der Waals surface area contributed by atoms with E-state index in [9.17, 15) is 13.2 Å². The number of rotatable bonds is 5. The lowest BCUT2D eigenvalue weighted by atomic mass is 10.1. The minimum Gasteiger partial charge on any atom is -0.490 e. The van der Waals surface area contributed by atoms with E-state index >= 15 is 0 Å². The van der Waals surface area contributed by atoms with Gasteiger partial charge in [0.05, 0.1) is 13.0 Å². The number of nitrogens with one attached hydrogen (secondary N) is 1. The van der Waals surface area contributed by atoms with Gasteiger partial charge in [-0.3, -0.25) is 4.99 Å². The van der Waals surface area contributed by atoms with Crippen LogP contribution in [0.5, 0.6) is 5.75 Å². The number of hydrogen-bond donors (Lipinski definition) is 2. The van der Waals surface area contributed by atoms with Crippen LogP contribution in [0, 0.1) is 0 Å². The standard InChI is InChI=1S/C19H20F3N3O/c1-12(10-19(20,21)22)26-16-5-2-13(3-6-16)11-24-18-9-14-8-15(23)4-7-17(14)25-18/h2-8,12H,9-11,23H2,1H3,(H,24,25). The minimum atomic E-state index is -4.23. The van der Waals surface area contributed by atoms with Crippen LogP contribution >= 0.6 is 0 Å². The van der Waals surface area contributed by atoms with E-state index in [4.69, 9.17) is 10.5 Å². The number of aliphatic imine (C=N–C) groups is 1. The first kappa shape index (κ1) is 18.1. The second kappa shape index (κ2) is 7.27. The van der Waals surface area contributed by atoms with E-state index in [1.54, 1.807) is 24.3 Å². The van der Waals surface area contributed by atoms with Crippen molar-refractivity contribution in [1.29, 1.82) is 0 Å². The van der Waals surface area contributed by atoms with Crippen molar-refractivity contribution in [3.8, 4) is 5.75 Å². The Morgan fingerprint density at radius 3 is 2.62 bits per heavy atom. The number of nitrogens with two attached hydrogens (primary N) is 1. The summed E-state index contributed by atoms with van der Waals surface area (Å²) < 4.78 is 42.3. The molecule has 2 aromatic rings. The third kappa shape index (κ3) is 4.91. The van der Waals surface area contributed by atoms with Crippen LogP contribution in [0.1, 0.15) is 24.5 Å². The van der Waals surface area contributed by atoms with E-state index in [0.717, 1.165) is 28.3 Å². The molecule has 3 rings (SSSR count). The van der Waals surface area contributed by atoms with Crippen molar-refractivity contribution in [3.05, 3.63) is 53.6 Å². The van der Waals surface area contributed by atoms with Crippen molar-refractivity contribution < 1.29 is 17.9 Å². The highest BCUT2D eigenvalue weighted by atomic mass is 19.4. The Hall–Kier alpha value is -2.70. The molecule has 0 spiro atoms. The van der Waals surface area contributed by atoms with Crippen molar-refractivity contribution in [1.82, 2.24) is 0 Å². The van der Waals surface area contributed by atoms with Crippen LogP contribution in [0.3, 0.4) is 0 Å². The molecule has 0 radical (unpaired) electrons. The van der Waals surface area contributed by atoms with E-state index in [1.807, 2.05) is 18.2 Å². The van der Waals surface area contributed by atoms with Crippen LogP contribution in [-0.4, -0.2) is 18.1 Å². The predicted molar refractivity (Wildman–Crippen MR) is 96.5 cm³/mol. The molecule has 0 saturated carbocycles. The Labute approximate surface area is 149 Å². The van der Waals surface area contributed by atoms with E-state index in [-0.39, 0.29) is 0 Å². The lowest BCUT2D eigenvalue weighted by Crippen LogP contribution is -2.21. The van der Waals surface area contributed by atoms with Crippen molar-refractivity contribution in [2.45, 2.75) is 38.6 Å². The number of halogens is 3. The van der Waals surface area contributed by atoms with Gasteiger partial charge in [0.2, 0.25) is 0 Å². The van der Waals surface area contributed by atoms with Crippen molar-refractivity contribution in [2.75, 3.05) is 11.1 Å². The van der Waals surface area contributed by atoms with Gasteiger partial charge < -0.3 is 15.8 Å². The molecule has 1 unspecified atom stereocenters. The smallest absolute Gasteiger partial charge is 0.392 e. The van der Waals surface area contributed by atoms with E-state index in [1.165, 1.54) is 6.92 Å². The van der Waals surface area contributed by atoms with Crippen LogP contribution in [0.15, 0.2) is 47.5 Å². The molecule has 26 heavy (non-hydrogen) atoms.